The van der Waals surface area contributed by atoms with E-state index in [1.165, 1.54) is 0 Å². The lowest BCUT2D eigenvalue weighted by Gasteiger charge is -2.49. The first-order valence-corrected chi connectivity index (χ1v) is 6.55. The van der Waals surface area contributed by atoms with Crippen molar-refractivity contribution in [3.05, 3.63) is 24.8 Å². The molecular formula is C15H25NO3. The Balaban J connectivity index is 2.56. The normalized spacial score (nSPS) is 17.6. The molecular weight excluding hydrogens is 242 g/mol. The minimum absolute atomic E-state index is 0.285. The van der Waals surface area contributed by atoms with Gasteiger partial charge in [-0.1, -0.05) is 11.6 Å². The summed E-state index contributed by atoms with van der Waals surface area (Å²) in [6, 6.07) is 0. The molecule has 0 aromatic rings. The fraction of sp³-hybridized carbons (Fsp3) is 0.667. The average molecular weight is 267 g/mol. The molecule has 0 radical (unpaired) electrons. The van der Waals surface area contributed by atoms with Gasteiger partial charge in [0.15, 0.2) is 0 Å². The Hall–Kier alpha value is -1.29. The zero-order chi connectivity index (χ0) is 14.7. The van der Waals surface area contributed by atoms with E-state index >= 15 is 0 Å². The summed E-state index contributed by atoms with van der Waals surface area (Å²) < 4.78 is 11.1. The highest BCUT2D eigenvalue weighted by Gasteiger charge is 2.47. The Morgan fingerprint density at radius 3 is 2.42 bits per heavy atom. The van der Waals surface area contributed by atoms with E-state index in [2.05, 4.69) is 13.2 Å². The maximum Gasteiger partial charge on any atom is 0.410 e. The van der Waals surface area contributed by atoms with Crippen LogP contribution in [-0.4, -0.2) is 41.9 Å². The molecule has 0 N–H and O–H groups in total. The van der Waals surface area contributed by atoms with Crippen LogP contribution in [0.4, 0.5) is 4.79 Å². The van der Waals surface area contributed by atoms with E-state index in [1.54, 1.807) is 11.0 Å². The molecule has 0 atom stereocenters. The molecule has 19 heavy (non-hydrogen) atoms. The van der Waals surface area contributed by atoms with Gasteiger partial charge in [-0.05, 0) is 27.7 Å². The largest absolute Gasteiger partial charge is 0.444 e. The number of hydrogen-bond acceptors (Lipinski definition) is 3. The van der Waals surface area contributed by atoms with Crippen molar-refractivity contribution in [1.29, 1.82) is 0 Å². The van der Waals surface area contributed by atoms with Crippen LogP contribution >= 0.6 is 0 Å². The minimum atomic E-state index is -0.467. The zero-order valence-corrected chi connectivity index (χ0v) is 12.5. The lowest BCUT2D eigenvalue weighted by molar-refractivity contribution is -0.131. The second kappa shape index (κ2) is 5.78. The Morgan fingerprint density at radius 1 is 1.42 bits per heavy atom. The van der Waals surface area contributed by atoms with E-state index in [0.29, 0.717) is 19.7 Å². The van der Waals surface area contributed by atoms with Gasteiger partial charge in [-0.3, -0.25) is 0 Å². The molecule has 1 saturated heterocycles. The molecule has 0 saturated carbocycles. The van der Waals surface area contributed by atoms with Crippen molar-refractivity contribution in [3.63, 3.8) is 0 Å². The molecule has 108 valence electrons. The first kappa shape index (κ1) is 15.8. The van der Waals surface area contributed by atoms with Crippen LogP contribution in [0.2, 0.25) is 0 Å². The average Bonchev–Trinajstić information content (AvgIpc) is 2.17. The summed E-state index contributed by atoms with van der Waals surface area (Å²) in [4.78, 5) is 13.6. The third-order valence-electron chi connectivity index (χ3n) is 2.74. The van der Waals surface area contributed by atoms with Gasteiger partial charge in [0.25, 0.3) is 0 Å². The van der Waals surface area contributed by atoms with Gasteiger partial charge >= 0.3 is 6.09 Å². The maximum absolute atomic E-state index is 11.9. The van der Waals surface area contributed by atoms with Crippen LogP contribution in [0.15, 0.2) is 24.8 Å². The van der Waals surface area contributed by atoms with Gasteiger partial charge in [0.1, 0.15) is 11.2 Å². The number of ether oxygens (including phenoxy) is 2. The molecule has 4 nitrogen and oxygen atoms in total. The molecule has 4 heteroatoms. The molecule has 0 spiro atoms. The second-order valence-corrected chi connectivity index (χ2v) is 6.25. The predicted octanol–water partition coefficient (Wildman–Crippen LogP) is 3.14. The highest BCUT2D eigenvalue weighted by atomic mass is 16.6. The van der Waals surface area contributed by atoms with E-state index in [9.17, 15) is 4.79 Å². The molecule has 0 unspecified atom stereocenters. The molecule has 1 amide bonds. The van der Waals surface area contributed by atoms with Gasteiger partial charge in [0.05, 0.1) is 19.7 Å². The van der Waals surface area contributed by atoms with Crippen LogP contribution in [0, 0.1) is 0 Å². The first-order chi connectivity index (χ1) is 8.67. The van der Waals surface area contributed by atoms with Crippen LogP contribution in [0.5, 0.6) is 0 Å². The molecule has 0 aliphatic carbocycles. The van der Waals surface area contributed by atoms with Crippen molar-refractivity contribution in [2.75, 3.05) is 19.7 Å². The van der Waals surface area contributed by atoms with Crippen molar-refractivity contribution < 1.29 is 14.3 Å². The van der Waals surface area contributed by atoms with Gasteiger partial charge in [-0.15, -0.1) is 13.2 Å². The SMILES string of the molecule is C=CCOC1(CC(=C)C)CN(C(=O)OC(C)(C)C)C1. The number of amides is 1. The van der Waals surface area contributed by atoms with Crippen LogP contribution in [0.25, 0.3) is 0 Å². The molecule has 1 aliphatic rings. The lowest BCUT2D eigenvalue weighted by atomic mass is 9.87. The summed E-state index contributed by atoms with van der Waals surface area (Å²) in [6.45, 7) is 16.7. The summed E-state index contributed by atoms with van der Waals surface area (Å²) in [7, 11) is 0. The number of carbonyl (C=O) groups is 1. The van der Waals surface area contributed by atoms with Gasteiger partial charge in [-0.2, -0.15) is 0 Å². The van der Waals surface area contributed by atoms with E-state index in [4.69, 9.17) is 9.47 Å². The molecule has 1 heterocycles. The summed E-state index contributed by atoms with van der Waals surface area (Å²) in [5.41, 5.74) is 0.260. The van der Waals surface area contributed by atoms with Gasteiger partial charge in [0, 0.05) is 6.42 Å². The number of rotatable bonds is 5. The van der Waals surface area contributed by atoms with Crippen molar-refractivity contribution in [3.8, 4) is 0 Å². The summed E-state index contributed by atoms with van der Waals surface area (Å²) in [5.74, 6) is 0. The predicted molar refractivity (Wildman–Crippen MR) is 76.1 cm³/mol. The van der Waals surface area contributed by atoms with Crippen LogP contribution in [-0.2, 0) is 9.47 Å². The van der Waals surface area contributed by atoms with Crippen molar-refractivity contribution in [2.24, 2.45) is 0 Å². The van der Waals surface area contributed by atoms with E-state index in [-0.39, 0.29) is 11.7 Å². The van der Waals surface area contributed by atoms with Gasteiger partial charge in [-0.25, -0.2) is 4.79 Å². The van der Waals surface area contributed by atoms with E-state index in [0.717, 1.165) is 12.0 Å². The molecule has 1 fully saturated rings. The highest BCUT2D eigenvalue weighted by Crippen LogP contribution is 2.32. The fourth-order valence-corrected chi connectivity index (χ4v) is 2.14. The third kappa shape index (κ3) is 4.71. The summed E-state index contributed by atoms with van der Waals surface area (Å²) in [5, 5.41) is 0. The molecule has 1 rings (SSSR count). The van der Waals surface area contributed by atoms with Crippen LogP contribution in [0.1, 0.15) is 34.1 Å². The minimum Gasteiger partial charge on any atom is -0.444 e. The zero-order valence-electron chi connectivity index (χ0n) is 12.5. The van der Waals surface area contributed by atoms with Gasteiger partial charge < -0.3 is 14.4 Å². The molecule has 0 bridgehead atoms. The molecule has 1 aliphatic heterocycles. The molecule has 0 aromatic heterocycles. The Labute approximate surface area is 116 Å². The first-order valence-electron chi connectivity index (χ1n) is 6.55. The van der Waals surface area contributed by atoms with E-state index < -0.39 is 5.60 Å². The number of carbonyl (C=O) groups excluding carboxylic acids is 1. The maximum atomic E-state index is 11.9. The van der Waals surface area contributed by atoms with Crippen LogP contribution in [0.3, 0.4) is 0 Å². The quantitative estimate of drug-likeness (QED) is 0.718. The highest BCUT2D eigenvalue weighted by molar-refractivity contribution is 5.69. The number of hydrogen-bond donors (Lipinski definition) is 0. The van der Waals surface area contributed by atoms with Crippen molar-refractivity contribution in [2.45, 2.75) is 45.3 Å². The van der Waals surface area contributed by atoms with E-state index in [1.807, 2.05) is 27.7 Å². The third-order valence-corrected chi connectivity index (χ3v) is 2.74. The van der Waals surface area contributed by atoms with Crippen molar-refractivity contribution in [1.82, 2.24) is 4.90 Å². The standard InChI is InChI=1S/C15H25NO3/c1-7-8-18-15(9-12(2)3)10-16(11-15)13(17)19-14(4,5)6/h7H,1-2,8-11H2,3-6H3. The Morgan fingerprint density at radius 2 is 2.00 bits per heavy atom. The number of likely N-dealkylation sites (tertiary alicyclic amines) is 1. The smallest absolute Gasteiger partial charge is 0.410 e. The fourth-order valence-electron chi connectivity index (χ4n) is 2.14. The topological polar surface area (TPSA) is 38.8 Å². The summed E-state index contributed by atoms with van der Waals surface area (Å²) in [6.07, 6.45) is 2.18. The summed E-state index contributed by atoms with van der Waals surface area (Å²) >= 11 is 0. The van der Waals surface area contributed by atoms with Crippen molar-refractivity contribution >= 4 is 6.09 Å². The Bertz CT molecular complexity index is 362. The monoisotopic (exact) mass is 267 g/mol. The van der Waals surface area contributed by atoms with Crippen LogP contribution < -0.4 is 0 Å². The second-order valence-electron chi connectivity index (χ2n) is 6.25. The van der Waals surface area contributed by atoms with Gasteiger partial charge in [0.2, 0.25) is 0 Å². The molecule has 0 aromatic carbocycles. The number of nitrogens with zero attached hydrogens (tertiary/aromatic N) is 1. The Kier molecular flexibility index (Phi) is 4.80. The lowest BCUT2D eigenvalue weighted by Crippen LogP contribution is -2.65.